The molecule has 1 atom stereocenters. The first-order valence-corrected chi connectivity index (χ1v) is 7.41. The van der Waals surface area contributed by atoms with E-state index in [-0.39, 0.29) is 0 Å². The molecular formula is C13H23N3S. The average Bonchev–Trinajstić information content (AvgIpc) is 2.34. The van der Waals surface area contributed by atoms with Gasteiger partial charge in [-0.3, -0.25) is 0 Å². The van der Waals surface area contributed by atoms with Crippen molar-refractivity contribution >= 4 is 17.6 Å². The van der Waals surface area contributed by atoms with Gasteiger partial charge in [0.2, 0.25) is 0 Å². The van der Waals surface area contributed by atoms with Gasteiger partial charge in [0.25, 0.3) is 0 Å². The van der Waals surface area contributed by atoms with E-state index in [1.807, 2.05) is 24.0 Å². The minimum atomic E-state index is 0.518. The molecule has 0 saturated heterocycles. The summed E-state index contributed by atoms with van der Waals surface area (Å²) >= 11 is 1.87. The lowest BCUT2D eigenvalue weighted by Gasteiger charge is -2.29. The van der Waals surface area contributed by atoms with Crippen molar-refractivity contribution in [3.63, 3.8) is 0 Å². The minimum Gasteiger partial charge on any atom is -0.356 e. The van der Waals surface area contributed by atoms with E-state index in [2.05, 4.69) is 37.0 Å². The predicted molar refractivity (Wildman–Crippen MR) is 77.7 cm³/mol. The highest BCUT2D eigenvalue weighted by Crippen LogP contribution is 2.23. The van der Waals surface area contributed by atoms with E-state index in [4.69, 9.17) is 5.73 Å². The molecule has 2 N–H and O–H groups in total. The minimum absolute atomic E-state index is 0.518. The van der Waals surface area contributed by atoms with Crippen molar-refractivity contribution in [1.29, 1.82) is 0 Å². The summed E-state index contributed by atoms with van der Waals surface area (Å²) in [5, 5.41) is 0. The van der Waals surface area contributed by atoms with Crippen LogP contribution in [0.3, 0.4) is 0 Å². The van der Waals surface area contributed by atoms with Gasteiger partial charge in [-0.2, -0.15) is 11.8 Å². The molecule has 0 bridgehead atoms. The highest BCUT2D eigenvalue weighted by atomic mass is 32.2. The summed E-state index contributed by atoms with van der Waals surface area (Å²) in [5.41, 5.74) is 8.22. The highest BCUT2D eigenvalue weighted by molar-refractivity contribution is 7.98. The van der Waals surface area contributed by atoms with Crippen molar-refractivity contribution in [3.05, 3.63) is 23.4 Å². The maximum atomic E-state index is 5.83. The SMILES string of the molecule is CCC(CSC)N(C)c1nccc(C)c1CN. The summed E-state index contributed by atoms with van der Waals surface area (Å²) in [6, 6.07) is 2.54. The van der Waals surface area contributed by atoms with Crippen molar-refractivity contribution in [2.75, 3.05) is 24.0 Å². The van der Waals surface area contributed by atoms with Gasteiger partial charge in [-0.25, -0.2) is 4.98 Å². The van der Waals surface area contributed by atoms with Crippen LogP contribution in [0.15, 0.2) is 12.3 Å². The first kappa shape index (κ1) is 14.3. The second-order valence-corrected chi connectivity index (χ2v) is 5.17. The number of pyridine rings is 1. The number of nitrogens with zero attached hydrogens (tertiary/aromatic N) is 2. The fourth-order valence-electron chi connectivity index (χ4n) is 2.00. The van der Waals surface area contributed by atoms with Gasteiger partial charge in [0.15, 0.2) is 0 Å². The standard InChI is InChI=1S/C13H23N3S/c1-5-11(9-17-4)16(3)13-12(8-14)10(2)6-7-15-13/h6-7,11H,5,8-9,14H2,1-4H3. The number of aromatic nitrogens is 1. The van der Waals surface area contributed by atoms with Gasteiger partial charge in [-0.1, -0.05) is 6.92 Å². The number of anilines is 1. The summed E-state index contributed by atoms with van der Waals surface area (Å²) in [4.78, 5) is 6.77. The Kier molecular flexibility index (Phi) is 5.78. The molecule has 17 heavy (non-hydrogen) atoms. The third-order valence-corrected chi connectivity index (χ3v) is 3.90. The first-order chi connectivity index (χ1) is 8.15. The summed E-state index contributed by atoms with van der Waals surface area (Å²) in [5.74, 6) is 2.15. The van der Waals surface area contributed by atoms with Crippen LogP contribution in [0.5, 0.6) is 0 Å². The zero-order valence-electron chi connectivity index (χ0n) is 11.2. The van der Waals surface area contributed by atoms with E-state index in [1.165, 1.54) is 5.56 Å². The van der Waals surface area contributed by atoms with Crippen LogP contribution in [-0.2, 0) is 6.54 Å². The van der Waals surface area contributed by atoms with Crippen LogP contribution in [0, 0.1) is 6.92 Å². The van der Waals surface area contributed by atoms with E-state index >= 15 is 0 Å². The number of aryl methyl sites for hydroxylation is 1. The Morgan fingerprint density at radius 2 is 2.24 bits per heavy atom. The van der Waals surface area contributed by atoms with Crippen LogP contribution in [-0.4, -0.2) is 30.1 Å². The molecule has 0 amide bonds. The molecule has 0 aromatic carbocycles. The Morgan fingerprint density at radius 1 is 1.53 bits per heavy atom. The Labute approximate surface area is 109 Å². The lowest BCUT2D eigenvalue weighted by Crippen LogP contribution is -2.34. The van der Waals surface area contributed by atoms with Crippen LogP contribution in [0.1, 0.15) is 24.5 Å². The molecule has 0 radical (unpaired) electrons. The third-order valence-electron chi connectivity index (χ3n) is 3.18. The van der Waals surface area contributed by atoms with Gasteiger partial charge in [0.1, 0.15) is 5.82 Å². The lowest BCUT2D eigenvalue weighted by atomic mass is 10.1. The molecule has 1 rings (SSSR count). The average molecular weight is 253 g/mol. The number of rotatable bonds is 6. The van der Waals surface area contributed by atoms with E-state index in [0.717, 1.165) is 23.6 Å². The number of nitrogens with two attached hydrogens (primary N) is 1. The zero-order chi connectivity index (χ0) is 12.8. The summed E-state index contributed by atoms with van der Waals surface area (Å²) in [6.45, 7) is 4.86. The van der Waals surface area contributed by atoms with Crippen molar-refractivity contribution in [2.45, 2.75) is 32.9 Å². The van der Waals surface area contributed by atoms with E-state index in [1.54, 1.807) is 0 Å². The smallest absolute Gasteiger partial charge is 0.133 e. The normalized spacial score (nSPS) is 12.5. The fourth-order valence-corrected chi connectivity index (χ4v) is 2.84. The number of hydrogen-bond donors (Lipinski definition) is 1. The predicted octanol–water partition coefficient (Wildman–Crippen LogP) is 2.43. The van der Waals surface area contributed by atoms with Crippen LogP contribution in [0.4, 0.5) is 5.82 Å². The monoisotopic (exact) mass is 253 g/mol. The van der Waals surface area contributed by atoms with E-state index < -0.39 is 0 Å². The van der Waals surface area contributed by atoms with Crippen molar-refractivity contribution in [2.24, 2.45) is 5.73 Å². The molecule has 96 valence electrons. The molecule has 0 fully saturated rings. The third kappa shape index (κ3) is 3.36. The van der Waals surface area contributed by atoms with Gasteiger partial charge < -0.3 is 10.6 Å². The molecule has 3 nitrogen and oxygen atoms in total. The van der Waals surface area contributed by atoms with Crippen molar-refractivity contribution in [3.8, 4) is 0 Å². The van der Waals surface area contributed by atoms with E-state index in [0.29, 0.717) is 12.6 Å². The van der Waals surface area contributed by atoms with E-state index in [9.17, 15) is 0 Å². The summed E-state index contributed by atoms with van der Waals surface area (Å²) in [6.07, 6.45) is 5.13. The maximum Gasteiger partial charge on any atom is 0.133 e. The number of thioether (sulfide) groups is 1. The number of hydrogen-bond acceptors (Lipinski definition) is 4. The summed E-state index contributed by atoms with van der Waals surface area (Å²) in [7, 11) is 2.12. The lowest BCUT2D eigenvalue weighted by molar-refractivity contribution is 0.662. The Balaban J connectivity index is 3.01. The Hall–Kier alpha value is -0.740. The van der Waals surface area contributed by atoms with Crippen LogP contribution < -0.4 is 10.6 Å². The quantitative estimate of drug-likeness (QED) is 0.845. The van der Waals surface area contributed by atoms with Gasteiger partial charge in [-0.15, -0.1) is 0 Å². The molecule has 0 saturated carbocycles. The van der Waals surface area contributed by atoms with Gasteiger partial charge >= 0.3 is 0 Å². The second kappa shape index (κ2) is 6.87. The summed E-state index contributed by atoms with van der Waals surface area (Å²) < 4.78 is 0. The van der Waals surface area contributed by atoms with Crippen LogP contribution >= 0.6 is 11.8 Å². The zero-order valence-corrected chi connectivity index (χ0v) is 12.0. The van der Waals surface area contributed by atoms with Gasteiger partial charge in [0, 0.05) is 37.1 Å². The van der Waals surface area contributed by atoms with Gasteiger partial charge in [0.05, 0.1) is 0 Å². The van der Waals surface area contributed by atoms with Crippen LogP contribution in [0.2, 0.25) is 0 Å². The van der Waals surface area contributed by atoms with Crippen molar-refractivity contribution < 1.29 is 0 Å². The molecule has 0 aliphatic carbocycles. The Bertz CT molecular complexity index is 355. The fraction of sp³-hybridized carbons (Fsp3) is 0.615. The molecule has 1 heterocycles. The second-order valence-electron chi connectivity index (χ2n) is 4.26. The van der Waals surface area contributed by atoms with Gasteiger partial charge in [-0.05, 0) is 31.2 Å². The molecule has 0 spiro atoms. The first-order valence-electron chi connectivity index (χ1n) is 6.02. The topological polar surface area (TPSA) is 42.2 Å². The molecule has 0 aliphatic rings. The maximum absolute atomic E-state index is 5.83. The highest BCUT2D eigenvalue weighted by Gasteiger charge is 2.17. The molecular weight excluding hydrogens is 230 g/mol. The molecule has 0 aliphatic heterocycles. The Morgan fingerprint density at radius 3 is 2.76 bits per heavy atom. The molecule has 1 unspecified atom stereocenters. The largest absolute Gasteiger partial charge is 0.356 e. The molecule has 1 aromatic heterocycles. The van der Waals surface area contributed by atoms with Crippen LogP contribution in [0.25, 0.3) is 0 Å². The molecule has 4 heteroatoms. The molecule has 1 aromatic rings. The van der Waals surface area contributed by atoms with Crippen molar-refractivity contribution in [1.82, 2.24) is 4.98 Å².